The lowest BCUT2D eigenvalue weighted by Crippen LogP contribution is -2.14. The number of ketones is 1. The van der Waals surface area contributed by atoms with Crippen molar-refractivity contribution in [3.05, 3.63) is 69.2 Å². The fourth-order valence-electron chi connectivity index (χ4n) is 1.89. The molecule has 0 aliphatic rings. The molecule has 0 fully saturated rings. The normalized spacial score (nSPS) is 12.3. The minimum Gasteiger partial charge on any atom is -0.289 e. The lowest BCUT2D eigenvalue weighted by atomic mass is 9.98. The van der Waals surface area contributed by atoms with Crippen molar-refractivity contribution in [3.63, 3.8) is 0 Å². The molecule has 0 unspecified atom stereocenters. The first-order valence-electron chi connectivity index (χ1n) is 6.09. The van der Waals surface area contributed by atoms with Crippen molar-refractivity contribution in [1.29, 1.82) is 0 Å². The van der Waals surface area contributed by atoms with E-state index in [1.807, 2.05) is 0 Å². The monoisotopic (exact) mass is 396 g/mol. The number of benzene rings is 2. The molecule has 0 N–H and O–H groups in total. The van der Waals surface area contributed by atoms with Crippen LogP contribution < -0.4 is 0 Å². The standard InChI is InChI=1S/C15H7BrF6O/c16-12-4-2-1-3-11(12)13(23)8-5-9(14(17,18)19)7-10(6-8)15(20,21)22/h1-7H. The van der Waals surface area contributed by atoms with Gasteiger partial charge in [0.1, 0.15) is 0 Å². The van der Waals surface area contributed by atoms with Crippen LogP contribution >= 0.6 is 15.9 Å². The smallest absolute Gasteiger partial charge is 0.289 e. The van der Waals surface area contributed by atoms with Crippen LogP contribution in [0.15, 0.2) is 46.9 Å². The molecule has 0 spiro atoms. The Morgan fingerprint density at radius 1 is 0.826 bits per heavy atom. The van der Waals surface area contributed by atoms with E-state index in [2.05, 4.69) is 15.9 Å². The molecule has 0 aliphatic heterocycles. The van der Waals surface area contributed by atoms with E-state index in [1.54, 1.807) is 6.07 Å². The van der Waals surface area contributed by atoms with E-state index in [4.69, 9.17) is 0 Å². The molecule has 0 bridgehead atoms. The van der Waals surface area contributed by atoms with Crippen molar-refractivity contribution in [2.45, 2.75) is 12.4 Å². The predicted molar refractivity (Wildman–Crippen MR) is 74.0 cm³/mol. The fourth-order valence-corrected chi connectivity index (χ4v) is 2.35. The average molecular weight is 397 g/mol. The first kappa shape index (κ1) is 17.5. The number of carbonyl (C=O) groups excluding carboxylic acids is 1. The van der Waals surface area contributed by atoms with Crippen molar-refractivity contribution in [2.75, 3.05) is 0 Å². The highest BCUT2D eigenvalue weighted by Crippen LogP contribution is 2.37. The van der Waals surface area contributed by atoms with Crippen LogP contribution in [0.3, 0.4) is 0 Å². The van der Waals surface area contributed by atoms with Gasteiger partial charge in [-0.1, -0.05) is 28.1 Å². The van der Waals surface area contributed by atoms with Crippen molar-refractivity contribution in [1.82, 2.24) is 0 Å². The van der Waals surface area contributed by atoms with E-state index in [-0.39, 0.29) is 16.1 Å². The third kappa shape index (κ3) is 3.93. The van der Waals surface area contributed by atoms with Gasteiger partial charge in [0.25, 0.3) is 0 Å². The summed E-state index contributed by atoms with van der Waals surface area (Å²) < 4.78 is 77.0. The summed E-state index contributed by atoms with van der Waals surface area (Å²) in [5, 5.41) is 0. The van der Waals surface area contributed by atoms with Crippen LogP contribution in [0.2, 0.25) is 0 Å². The molecule has 0 radical (unpaired) electrons. The molecule has 0 aromatic heterocycles. The molecule has 2 aromatic rings. The summed E-state index contributed by atoms with van der Waals surface area (Å²) in [7, 11) is 0. The quantitative estimate of drug-likeness (QED) is 0.468. The Bertz CT molecular complexity index is 716. The molecular weight excluding hydrogens is 390 g/mol. The lowest BCUT2D eigenvalue weighted by Gasteiger charge is -2.14. The number of carbonyl (C=O) groups is 1. The van der Waals surface area contributed by atoms with Gasteiger partial charge in [-0.05, 0) is 30.3 Å². The number of hydrogen-bond acceptors (Lipinski definition) is 1. The van der Waals surface area contributed by atoms with E-state index in [1.165, 1.54) is 18.2 Å². The minimum absolute atomic E-state index is 0.0170. The summed E-state index contributed by atoms with van der Waals surface area (Å²) in [6.45, 7) is 0. The Hall–Kier alpha value is -1.83. The van der Waals surface area contributed by atoms with E-state index < -0.39 is 34.8 Å². The molecule has 8 heteroatoms. The second kappa shape index (κ2) is 5.99. The maximum absolute atomic E-state index is 12.8. The Morgan fingerprint density at radius 3 is 1.74 bits per heavy atom. The van der Waals surface area contributed by atoms with Gasteiger partial charge in [-0.15, -0.1) is 0 Å². The van der Waals surface area contributed by atoms with Crippen LogP contribution in [0, 0.1) is 0 Å². The zero-order valence-electron chi connectivity index (χ0n) is 11.1. The van der Waals surface area contributed by atoms with Crippen LogP contribution in [0.5, 0.6) is 0 Å². The molecular formula is C15H7BrF6O. The van der Waals surface area contributed by atoms with Gasteiger partial charge in [0.15, 0.2) is 5.78 Å². The van der Waals surface area contributed by atoms with Gasteiger partial charge < -0.3 is 0 Å². The summed E-state index contributed by atoms with van der Waals surface area (Å²) in [4.78, 5) is 12.3. The second-order valence-electron chi connectivity index (χ2n) is 4.60. The third-order valence-corrected chi connectivity index (χ3v) is 3.66. The number of alkyl halides is 6. The maximum Gasteiger partial charge on any atom is 0.416 e. The van der Waals surface area contributed by atoms with Gasteiger partial charge in [-0.3, -0.25) is 4.79 Å². The van der Waals surface area contributed by atoms with Crippen molar-refractivity contribution >= 4 is 21.7 Å². The highest BCUT2D eigenvalue weighted by atomic mass is 79.9. The molecule has 0 amide bonds. The topological polar surface area (TPSA) is 17.1 Å². The second-order valence-corrected chi connectivity index (χ2v) is 5.46. The Labute approximate surface area is 135 Å². The van der Waals surface area contributed by atoms with Crippen LogP contribution in [0.1, 0.15) is 27.0 Å². The van der Waals surface area contributed by atoms with Gasteiger partial charge >= 0.3 is 12.4 Å². The van der Waals surface area contributed by atoms with Crippen molar-refractivity contribution in [3.8, 4) is 0 Å². The van der Waals surface area contributed by atoms with Crippen LogP contribution in [0.4, 0.5) is 26.3 Å². The highest BCUT2D eigenvalue weighted by molar-refractivity contribution is 9.10. The molecule has 0 heterocycles. The summed E-state index contributed by atoms with van der Waals surface area (Å²) in [6.07, 6.45) is -9.99. The summed E-state index contributed by atoms with van der Waals surface area (Å²) >= 11 is 3.04. The summed E-state index contributed by atoms with van der Waals surface area (Å²) in [5.41, 5.74) is -3.76. The lowest BCUT2D eigenvalue weighted by molar-refractivity contribution is -0.143. The largest absolute Gasteiger partial charge is 0.416 e. The molecule has 0 atom stereocenters. The third-order valence-electron chi connectivity index (χ3n) is 2.97. The fraction of sp³-hybridized carbons (Fsp3) is 0.133. The molecule has 1 nitrogen and oxygen atoms in total. The van der Waals surface area contributed by atoms with Gasteiger partial charge in [0.05, 0.1) is 11.1 Å². The van der Waals surface area contributed by atoms with Gasteiger partial charge in [-0.2, -0.15) is 26.3 Å². The zero-order chi connectivity index (χ0) is 17.4. The number of hydrogen-bond donors (Lipinski definition) is 0. The van der Waals surface area contributed by atoms with E-state index in [0.29, 0.717) is 12.1 Å². The zero-order valence-corrected chi connectivity index (χ0v) is 12.7. The van der Waals surface area contributed by atoms with Gasteiger partial charge in [-0.25, -0.2) is 0 Å². The predicted octanol–water partition coefficient (Wildman–Crippen LogP) is 5.72. The number of halogens is 7. The Balaban J connectivity index is 2.63. The van der Waals surface area contributed by atoms with Crippen LogP contribution in [-0.4, -0.2) is 5.78 Å². The molecule has 23 heavy (non-hydrogen) atoms. The molecule has 0 saturated carbocycles. The van der Waals surface area contributed by atoms with Gasteiger partial charge in [0.2, 0.25) is 0 Å². The molecule has 0 saturated heterocycles. The maximum atomic E-state index is 12.8. The van der Waals surface area contributed by atoms with Gasteiger partial charge in [0, 0.05) is 15.6 Å². The van der Waals surface area contributed by atoms with Crippen molar-refractivity contribution in [2.24, 2.45) is 0 Å². The van der Waals surface area contributed by atoms with Crippen LogP contribution in [-0.2, 0) is 12.4 Å². The molecule has 2 rings (SSSR count). The first-order chi connectivity index (χ1) is 10.5. The Kier molecular flexibility index (Phi) is 4.57. The van der Waals surface area contributed by atoms with E-state index in [0.717, 1.165) is 0 Å². The minimum atomic E-state index is -5.00. The van der Waals surface area contributed by atoms with E-state index in [9.17, 15) is 31.1 Å². The Morgan fingerprint density at radius 2 is 1.30 bits per heavy atom. The SMILES string of the molecule is O=C(c1cc(C(F)(F)F)cc(C(F)(F)F)c1)c1ccccc1Br. The van der Waals surface area contributed by atoms with Crippen LogP contribution in [0.25, 0.3) is 0 Å². The van der Waals surface area contributed by atoms with Crippen molar-refractivity contribution < 1.29 is 31.1 Å². The molecule has 122 valence electrons. The number of rotatable bonds is 2. The molecule has 2 aromatic carbocycles. The highest BCUT2D eigenvalue weighted by Gasteiger charge is 2.37. The molecule has 0 aliphatic carbocycles. The van der Waals surface area contributed by atoms with E-state index >= 15 is 0 Å². The average Bonchev–Trinajstić information content (AvgIpc) is 2.45. The summed E-state index contributed by atoms with van der Waals surface area (Å²) in [5.74, 6) is -0.936. The first-order valence-corrected chi connectivity index (χ1v) is 6.88. The summed E-state index contributed by atoms with van der Waals surface area (Å²) in [6, 6.07) is 6.60.